The minimum absolute atomic E-state index is 0.0440. The van der Waals surface area contributed by atoms with Crippen molar-refractivity contribution in [2.45, 2.75) is 39.0 Å². The molecule has 6 nitrogen and oxygen atoms in total. The van der Waals surface area contributed by atoms with Crippen molar-refractivity contribution in [2.24, 2.45) is 0 Å². The minimum Gasteiger partial charge on any atom is -0.466 e. The van der Waals surface area contributed by atoms with Crippen LogP contribution in [0.1, 0.15) is 47.3 Å². The lowest BCUT2D eigenvalue weighted by atomic mass is 9.86. The first-order valence-corrected chi connectivity index (χ1v) is 9.51. The maximum absolute atomic E-state index is 13.2. The molecule has 0 aliphatic carbocycles. The number of alkyl halides is 3. The second-order valence-corrected chi connectivity index (χ2v) is 7.09. The Kier molecular flexibility index (Phi) is 6.33. The quantitative estimate of drug-likeness (QED) is 0.577. The highest BCUT2D eigenvalue weighted by Gasteiger charge is 2.37. The molecular weight excluding hydrogens is 423 g/mol. The van der Waals surface area contributed by atoms with Crippen molar-refractivity contribution in [2.75, 3.05) is 6.61 Å². The maximum Gasteiger partial charge on any atom is 0.452 e. The average molecular weight is 442 g/mol. The van der Waals surface area contributed by atoms with E-state index in [4.69, 9.17) is 16.3 Å². The zero-order valence-corrected chi connectivity index (χ0v) is 17.0. The van der Waals surface area contributed by atoms with Gasteiger partial charge in [0.25, 0.3) is 0 Å². The highest BCUT2D eigenvalue weighted by molar-refractivity contribution is 6.31. The van der Waals surface area contributed by atoms with Crippen molar-refractivity contribution in [3.05, 3.63) is 63.6 Å². The SMILES string of the molecule is CCOC(=O)CC(c1ccc(Cl)c(CO)c1)c1ccn2c(C(F)(F)F)nnc2c1C. The second kappa shape index (κ2) is 8.61. The van der Waals surface area contributed by atoms with Crippen LogP contribution in [0.5, 0.6) is 0 Å². The lowest BCUT2D eigenvalue weighted by Gasteiger charge is -2.21. The molecular formula is C20H19ClF3N3O3. The van der Waals surface area contributed by atoms with E-state index in [-0.39, 0.29) is 25.3 Å². The molecule has 2 aromatic heterocycles. The number of benzene rings is 1. The Morgan fingerprint density at radius 2 is 2.03 bits per heavy atom. The lowest BCUT2D eigenvalue weighted by molar-refractivity contribution is -0.145. The summed E-state index contributed by atoms with van der Waals surface area (Å²) in [7, 11) is 0. The first kappa shape index (κ1) is 22.0. The number of hydrogen-bond donors (Lipinski definition) is 1. The van der Waals surface area contributed by atoms with Gasteiger partial charge in [0.15, 0.2) is 5.65 Å². The largest absolute Gasteiger partial charge is 0.466 e. The Bertz CT molecular complexity index is 1080. The highest BCUT2D eigenvalue weighted by atomic mass is 35.5. The summed E-state index contributed by atoms with van der Waals surface area (Å²) in [4.78, 5) is 12.3. The molecule has 3 rings (SSSR count). The molecule has 1 unspecified atom stereocenters. The number of esters is 1. The van der Waals surface area contributed by atoms with Gasteiger partial charge in [0.1, 0.15) is 0 Å². The summed E-state index contributed by atoms with van der Waals surface area (Å²) in [6.45, 7) is 3.22. The molecule has 0 saturated carbocycles. The predicted molar refractivity (Wildman–Crippen MR) is 103 cm³/mol. The number of aliphatic hydroxyl groups excluding tert-OH is 1. The molecule has 2 heterocycles. The first-order chi connectivity index (χ1) is 14.2. The van der Waals surface area contributed by atoms with Crippen molar-refractivity contribution >= 4 is 23.2 Å². The molecule has 0 aliphatic rings. The van der Waals surface area contributed by atoms with Gasteiger partial charge in [-0.2, -0.15) is 13.2 Å². The zero-order chi connectivity index (χ0) is 22.1. The number of nitrogens with zero attached hydrogens (tertiary/aromatic N) is 3. The Labute approximate surface area is 175 Å². The van der Waals surface area contributed by atoms with Crippen LogP contribution in [0.15, 0.2) is 30.5 Å². The fourth-order valence-electron chi connectivity index (χ4n) is 3.39. The third-order valence-corrected chi connectivity index (χ3v) is 5.18. The number of aliphatic hydroxyl groups is 1. The molecule has 0 aliphatic heterocycles. The van der Waals surface area contributed by atoms with Crippen LogP contribution in [0.4, 0.5) is 13.2 Å². The molecule has 1 aromatic carbocycles. The van der Waals surface area contributed by atoms with Crippen LogP contribution < -0.4 is 0 Å². The summed E-state index contributed by atoms with van der Waals surface area (Å²) in [6.07, 6.45) is -3.46. The molecule has 1 N–H and O–H groups in total. The number of carbonyl (C=O) groups excluding carboxylic acids is 1. The average Bonchev–Trinajstić information content (AvgIpc) is 3.13. The first-order valence-electron chi connectivity index (χ1n) is 9.13. The molecule has 0 radical (unpaired) electrons. The van der Waals surface area contributed by atoms with E-state index < -0.39 is 23.9 Å². The predicted octanol–water partition coefficient (Wildman–Crippen LogP) is 4.29. The number of ether oxygens (including phenoxy) is 1. The third kappa shape index (κ3) is 4.27. The van der Waals surface area contributed by atoms with Gasteiger partial charge < -0.3 is 9.84 Å². The fourth-order valence-corrected chi connectivity index (χ4v) is 3.57. The van der Waals surface area contributed by atoms with Crippen molar-refractivity contribution in [1.82, 2.24) is 14.6 Å². The summed E-state index contributed by atoms with van der Waals surface area (Å²) >= 11 is 6.08. The monoisotopic (exact) mass is 441 g/mol. The van der Waals surface area contributed by atoms with Gasteiger partial charge in [0.05, 0.1) is 19.6 Å². The third-order valence-electron chi connectivity index (χ3n) is 4.81. The van der Waals surface area contributed by atoms with Gasteiger partial charge in [-0.1, -0.05) is 23.7 Å². The van der Waals surface area contributed by atoms with Gasteiger partial charge in [-0.25, -0.2) is 0 Å². The van der Waals surface area contributed by atoms with E-state index in [2.05, 4.69) is 10.2 Å². The van der Waals surface area contributed by atoms with Crippen LogP contribution in [0.3, 0.4) is 0 Å². The molecule has 30 heavy (non-hydrogen) atoms. The van der Waals surface area contributed by atoms with Gasteiger partial charge in [0.2, 0.25) is 5.82 Å². The molecule has 3 aromatic rings. The Morgan fingerprint density at radius 3 is 2.67 bits per heavy atom. The van der Waals surface area contributed by atoms with Crippen LogP contribution in [0.2, 0.25) is 5.02 Å². The standard InChI is InChI=1S/C20H19ClF3N3O3/c1-3-30-17(29)9-15(12-4-5-16(21)13(8-12)10-28)14-6-7-27-18(11(14)2)25-26-19(27)20(22,23)24/h4-8,15,28H,3,9-10H2,1-2H3. The van der Waals surface area contributed by atoms with Crippen molar-refractivity contribution in [1.29, 1.82) is 0 Å². The van der Waals surface area contributed by atoms with E-state index in [0.717, 1.165) is 4.40 Å². The van der Waals surface area contributed by atoms with Crippen LogP contribution in [-0.2, 0) is 22.3 Å². The topological polar surface area (TPSA) is 76.7 Å². The molecule has 0 fully saturated rings. The summed E-state index contributed by atoms with van der Waals surface area (Å²) in [5.41, 5.74) is 2.24. The van der Waals surface area contributed by atoms with Crippen molar-refractivity contribution in [3.63, 3.8) is 0 Å². The smallest absolute Gasteiger partial charge is 0.452 e. The Morgan fingerprint density at radius 1 is 1.30 bits per heavy atom. The summed E-state index contributed by atoms with van der Waals surface area (Å²) in [5.74, 6) is -2.12. The van der Waals surface area contributed by atoms with Crippen LogP contribution in [-0.4, -0.2) is 32.3 Å². The number of hydrogen-bond acceptors (Lipinski definition) is 5. The van der Waals surface area contributed by atoms with Crippen LogP contribution >= 0.6 is 11.6 Å². The van der Waals surface area contributed by atoms with Gasteiger partial charge in [-0.15, -0.1) is 10.2 Å². The van der Waals surface area contributed by atoms with Crippen molar-refractivity contribution < 1.29 is 27.8 Å². The number of rotatable bonds is 6. The Hall–Kier alpha value is -2.65. The number of aryl methyl sites for hydroxylation is 1. The van der Waals surface area contributed by atoms with Crippen molar-refractivity contribution in [3.8, 4) is 0 Å². The fraction of sp³-hybridized carbons (Fsp3) is 0.350. The Balaban J connectivity index is 2.15. The van der Waals surface area contributed by atoms with E-state index >= 15 is 0 Å². The molecule has 0 amide bonds. The van der Waals surface area contributed by atoms with E-state index in [1.165, 1.54) is 12.3 Å². The number of halogens is 4. The molecule has 0 saturated heterocycles. The van der Waals surface area contributed by atoms with Gasteiger partial charge in [-0.05, 0) is 48.2 Å². The maximum atomic E-state index is 13.2. The molecule has 160 valence electrons. The second-order valence-electron chi connectivity index (χ2n) is 6.68. The molecule has 0 bridgehead atoms. The minimum atomic E-state index is -4.65. The van der Waals surface area contributed by atoms with E-state index in [0.29, 0.717) is 27.3 Å². The van der Waals surface area contributed by atoms with E-state index in [1.54, 1.807) is 32.0 Å². The number of fused-ring (bicyclic) bond motifs is 1. The van der Waals surface area contributed by atoms with E-state index in [1.807, 2.05) is 0 Å². The highest BCUT2D eigenvalue weighted by Crippen LogP contribution is 2.35. The van der Waals surface area contributed by atoms with Gasteiger partial charge >= 0.3 is 12.1 Å². The number of carbonyl (C=O) groups is 1. The van der Waals surface area contributed by atoms with Crippen LogP contribution in [0, 0.1) is 6.92 Å². The zero-order valence-electron chi connectivity index (χ0n) is 16.2. The normalized spacial score (nSPS) is 12.9. The number of pyridine rings is 1. The molecule has 0 spiro atoms. The molecule has 10 heteroatoms. The summed E-state index contributed by atoms with van der Waals surface area (Å²) in [6, 6.07) is 6.49. The summed E-state index contributed by atoms with van der Waals surface area (Å²) in [5, 5.41) is 16.9. The molecule has 1 atom stereocenters. The lowest BCUT2D eigenvalue weighted by Crippen LogP contribution is -2.14. The van der Waals surface area contributed by atoms with Crippen LogP contribution in [0.25, 0.3) is 5.65 Å². The number of aromatic nitrogens is 3. The van der Waals surface area contributed by atoms with Gasteiger partial charge in [-0.3, -0.25) is 9.20 Å². The van der Waals surface area contributed by atoms with E-state index in [9.17, 15) is 23.1 Å². The summed E-state index contributed by atoms with van der Waals surface area (Å²) < 4.78 is 45.4. The van der Waals surface area contributed by atoms with Gasteiger partial charge in [0, 0.05) is 17.1 Å².